The lowest BCUT2D eigenvalue weighted by atomic mass is 10.3. The van der Waals surface area contributed by atoms with Gasteiger partial charge in [-0.05, 0) is 25.1 Å². The molecule has 0 aliphatic carbocycles. The minimum atomic E-state index is -0.886. The molecule has 0 aromatic carbocycles. The Bertz CT molecular complexity index is 471. The van der Waals surface area contributed by atoms with Crippen LogP contribution in [0.3, 0.4) is 0 Å². The second-order valence-electron chi connectivity index (χ2n) is 3.00. The van der Waals surface area contributed by atoms with Crippen LogP contribution in [0.1, 0.15) is 16.1 Å². The Morgan fingerprint density at radius 1 is 1.46 bits per heavy atom. The van der Waals surface area contributed by atoms with Crippen molar-refractivity contribution in [2.45, 2.75) is 6.92 Å². The summed E-state index contributed by atoms with van der Waals surface area (Å²) in [4.78, 5) is 10.7. The van der Waals surface area contributed by atoms with Crippen LogP contribution in [-0.2, 0) is 0 Å². The summed E-state index contributed by atoms with van der Waals surface area (Å²) < 4.78 is 1.86. The molecule has 2 rings (SSSR count). The zero-order chi connectivity index (χ0) is 9.42. The van der Waals surface area contributed by atoms with Gasteiger partial charge in [0.05, 0.1) is 5.56 Å². The van der Waals surface area contributed by atoms with E-state index >= 15 is 0 Å². The van der Waals surface area contributed by atoms with Gasteiger partial charge in [-0.25, -0.2) is 4.79 Å². The molecule has 3 nitrogen and oxygen atoms in total. The lowest BCUT2D eigenvalue weighted by Crippen LogP contribution is -1.92. The van der Waals surface area contributed by atoms with Crippen molar-refractivity contribution < 1.29 is 9.90 Å². The van der Waals surface area contributed by atoms with E-state index in [1.54, 1.807) is 12.3 Å². The van der Waals surface area contributed by atoms with Crippen molar-refractivity contribution in [1.29, 1.82) is 0 Å². The van der Waals surface area contributed by atoms with Crippen molar-refractivity contribution >= 4 is 11.5 Å². The van der Waals surface area contributed by atoms with Gasteiger partial charge in [0, 0.05) is 17.4 Å². The highest BCUT2D eigenvalue weighted by Gasteiger charge is 2.06. The Morgan fingerprint density at radius 2 is 2.23 bits per heavy atom. The van der Waals surface area contributed by atoms with Gasteiger partial charge in [0.15, 0.2) is 0 Å². The Labute approximate surface area is 75.2 Å². The highest BCUT2D eigenvalue weighted by molar-refractivity contribution is 5.89. The normalized spacial score (nSPS) is 10.5. The highest BCUT2D eigenvalue weighted by Crippen LogP contribution is 2.12. The van der Waals surface area contributed by atoms with Crippen LogP contribution in [0, 0.1) is 6.92 Å². The number of nitrogens with zero attached hydrogens (tertiary/aromatic N) is 1. The molecule has 1 N–H and O–H groups in total. The molecule has 0 saturated heterocycles. The summed E-state index contributed by atoms with van der Waals surface area (Å²) in [5, 5.41) is 8.76. The number of carboxylic acids is 1. The first-order valence-electron chi connectivity index (χ1n) is 3.99. The van der Waals surface area contributed by atoms with Crippen LogP contribution < -0.4 is 0 Å². The number of carbonyl (C=O) groups is 1. The molecule has 0 atom stereocenters. The lowest BCUT2D eigenvalue weighted by molar-refractivity contribution is 0.0697. The Balaban J connectivity index is 2.75. The number of hydrogen-bond donors (Lipinski definition) is 1. The SMILES string of the molecule is Cc1cccc2cc(C(=O)O)cn12. The monoisotopic (exact) mass is 175 g/mol. The predicted molar refractivity (Wildman–Crippen MR) is 49.1 cm³/mol. The van der Waals surface area contributed by atoms with Gasteiger partial charge in [0.1, 0.15) is 0 Å². The highest BCUT2D eigenvalue weighted by atomic mass is 16.4. The first kappa shape index (κ1) is 7.86. The van der Waals surface area contributed by atoms with Crippen LogP contribution in [0.25, 0.3) is 5.52 Å². The van der Waals surface area contributed by atoms with Crippen LogP contribution in [-0.4, -0.2) is 15.5 Å². The average molecular weight is 175 g/mol. The molecule has 0 spiro atoms. The molecule has 2 aromatic rings. The zero-order valence-corrected chi connectivity index (χ0v) is 7.19. The third kappa shape index (κ3) is 1.18. The van der Waals surface area contributed by atoms with E-state index in [0.717, 1.165) is 11.2 Å². The number of carboxylic acid groups (broad SMARTS) is 1. The average Bonchev–Trinajstić information content (AvgIpc) is 2.49. The number of hydrogen-bond acceptors (Lipinski definition) is 1. The summed E-state index contributed by atoms with van der Waals surface area (Å²) in [6, 6.07) is 7.41. The van der Waals surface area contributed by atoms with Crippen LogP contribution >= 0.6 is 0 Å². The van der Waals surface area contributed by atoms with Crippen molar-refractivity contribution in [3.05, 3.63) is 41.7 Å². The summed E-state index contributed by atoms with van der Waals surface area (Å²) >= 11 is 0. The third-order valence-electron chi connectivity index (χ3n) is 2.08. The van der Waals surface area contributed by atoms with E-state index in [4.69, 9.17) is 5.11 Å². The van der Waals surface area contributed by atoms with E-state index in [0.29, 0.717) is 5.56 Å². The summed E-state index contributed by atoms with van der Waals surface area (Å²) in [5.41, 5.74) is 2.27. The van der Waals surface area contributed by atoms with Crippen LogP contribution in [0.15, 0.2) is 30.5 Å². The minimum absolute atomic E-state index is 0.328. The molecule has 0 aliphatic rings. The largest absolute Gasteiger partial charge is 0.478 e. The molecule has 0 amide bonds. The van der Waals surface area contributed by atoms with Gasteiger partial charge < -0.3 is 9.51 Å². The molecule has 13 heavy (non-hydrogen) atoms. The first-order chi connectivity index (χ1) is 6.18. The Kier molecular flexibility index (Phi) is 1.59. The van der Waals surface area contributed by atoms with Gasteiger partial charge in [0.2, 0.25) is 0 Å². The summed E-state index contributed by atoms with van der Waals surface area (Å²) in [6.07, 6.45) is 1.63. The van der Waals surface area contributed by atoms with Crippen molar-refractivity contribution in [2.75, 3.05) is 0 Å². The number of pyridine rings is 1. The fraction of sp³-hybridized carbons (Fsp3) is 0.100. The van der Waals surface area contributed by atoms with Crippen LogP contribution in [0.4, 0.5) is 0 Å². The first-order valence-corrected chi connectivity index (χ1v) is 3.99. The van der Waals surface area contributed by atoms with E-state index in [9.17, 15) is 4.79 Å². The lowest BCUT2D eigenvalue weighted by Gasteiger charge is -1.97. The molecule has 0 saturated carbocycles. The molecule has 0 radical (unpaired) electrons. The van der Waals surface area contributed by atoms with E-state index in [1.807, 2.05) is 29.5 Å². The maximum absolute atomic E-state index is 10.7. The predicted octanol–water partition coefficient (Wildman–Crippen LogP) is 1.95. The summed E-state index contributed by atoms with van der Waals surface area (Å²) in [7, 11) is 0. The van der Waals surface area contributed by atoms with Crippen molar-refractivity contribution in [3.8, 4) is 0 Å². The zero-order valence-electron chi connectivity index (χ0n) is 7.19. The second-order valence-corrected chi connectivity index (χ2v) is 3.00. The summed E-state index contributed by atoms with van der Waals surface area (Å²) in [5.74, 6) is -0.886. The van der Waals surface area contributed by atoms with Gasteiger partial charge >= 0.3 is 5.97 Å². The Morgan fingerprint density at radius 3 is 2.85 bits per heavy atom. The fourth-order valence-electron chi connectivity index (χ4n) is 1.40. The van der Waals surface area contributed by atoms with Crippen molar-refractivity contribution in [3.63, 3.8) is 0 Å². The molecule has 0 aliphatic heterocycles. The van der Waals surface area contributed by atoms with Crippen LogP contribution in [0.2, 0.25) is 0 Å². The molecule has 3 heteroatoms. The minimum Gasteiger partial charge on any atom is -0.478 e. The molecule has 0 bridgehead atoms. The maximum atomic E-state index is 10.7. The van der Waals surface area contributed by atoms with Gasteiger partial charge in [-0.1, -0.05) is 6.07 Å². The molecular formula is C10H9NO2. The molecular weight excluding hydrogens is 166 g/mol. The van der Waals surface area contributed by atoms with Gasteiger partial charge in [-0.2, -0.15) is 0 Å². The second kappa shape index (κ2) is 2.62. The van der Waals surface area contributed by atoms with Gasteiger partial charge in [-0.15, -0.1) is 0 Å². The standard InChI is InChI=1S/C10H9NO2/c1-7-3-2-4-9-5-8(10(12)13)6-11(7)9/h2-6H,1H3,(H,12,13). The third-order valence-corrected chi connectivity index (χ3v) is 2.08. The quantitative estimate of drug-likeness (QED) is 0.719. The molecule has 0 unspecified atom stereocenters. The van der Waals surface area contributed by atoms with Gasteiger partial charge in [0.25, 0.3) is 0 Å². The van der Waals surface area contributed by atoms with E-state index in [-0.39, 0.29) is 0 Å². The van der Waals surface area contributed by atoms with E-state index in [1.165, 1.54) is 0 Å². The van der Waals surface area contributed by atoms with Crippen LogP contribution in [0.5, 0.6) is 0 Å². The smallest absolute Gasteiger partial charge is 0.337 e. The molecule has 2 heterocycles. The number of rotatable bonds is 1. The topological polar surface area (TPSA) is 41.7 Å². The van der Waals surface area contributed by atoms with Gasteiger partial charge in [-0.3, -0.25) is 0 Å². The summed E-state index contributed by atoms with van der Waals surface area (Å²) in [6.45, 7) is 1.94. The fourth-order valence-corrected chi connectivity index (χ4v) is 1.40. The number of aromatic nitrogens is 1. The molecule has 66 valence electrons. The van der Waals surface area contributed by atoms with Crippen molar-refractivity contribution in [2.24, 2.45) is 0 Å². The molecule has 0 fully saturated rings. The Hall–Kier alpha value is -1.77. The van der Waals surface area contributed by atoms with Crippen molar-refractivity contribution in [1.82, 2.24) is 4.40 Å². The van der Waals surface area contributed by atoms with E-state index in [2.05, 4.69) is 0 Å². The molecule has 2 aromatic heterocycles. The number of fused-ring (bicyclic) bond motifs is 1. The number of aryl methyl sites for hydroxylation is 1. The maximum Gasteiger partial charge on any atom is 0.337 e. The van der Waals surface area contributed by atoms with E-state index < -0.39 is 5.97 Å². The number of aromatic carboxylic acids is 1.